The van der Waals surface area contributed by atoms with E-state index in [1.54, 1.807) is 19.9 Å². The van der Waals surface area contributed by atoms with Crippen LogP contribution in [0.1, 0.15) is 61.8 Å². The van der Waals surface area contributed by atoms with Gasteiger partial charge in [0.15, 0.2) is 14.1 Å². The molecular formula is C28H44O7Si. The summed E-state index contributed by atoms with van der Waals surface area (Å²) in [6, 6.07) is 0. The zero-order valence-electron chi connectivity index (χ0n) is 23.4. The first kappa shape index (κ1) is 27.7. The van der Waals surface area contributed by atoms with E-state index >= 15 is 0 Å². The molecule has 0 amide bonds. The Kier molecular flexibility index (Phi) is 6.04. The first-order chi connectivity index (χ1) is 16.2. The lowest BCUT2D eigenvalue weighted by atomic mass is 9.59. The lowest BCUT2D eigenvalue weighted by Crippen LogP contribution is -2.65. The molecule has 7 nitrogen and oxygen atoms in total. The van der Waals surface area contributed by atoms with Gasteiger partial charge in [0, 0.05) is 42.4 Å². The highest BCUT2D eigenvalue weighted by Gasteiger charge is 2.86. The molecular weight excluding hydrogens is 476 g/mol. The summed E-state index contributed by atoms with van der Waals surface area (Å²) in [5.74, 6) is -3.50. The van der Waals surface area contributed by atoms with Crippen molar-refractivity contribution >= 4 is 20.1 Å². The average molecular weight is 521 g/mol. The second-order valence-electron chi connectivity index (χ2n) is 13.9. The Labute approximate surface area is 216 Å². The van der Waals surface area contributed by atoms with Gasteiger partial charge in [0.2, 0.25) is 0 Å². The van der Waals surface area contributed by atoms with Gasteiger partial charge in [-0.3, -0.25) is 9.59 Å². The predicted octanol–water partition coefficient (Wildman–Crippen LogP) is 3.53. The molecule has 2 saturated carbocycles. The number of aliphatic hydroxyl groups excluding tert-OH is 1. The number of ether oxygens (including phenoxy) is 1. The minimum absolute atomic E-state index is 0.0216. The summed E-state index contributed by atoms with van der Waals surface area (Å²) in [4.78, 5) is 25.5. The molecule has 8 atom stereocenters. The van der Waals surface area contributed by atoms with E-state index in [0.717, 1.165) is 5.57 Å². The number of hydrogen-bond donors (Lipinski definition) is 3. The summed E-state index contributed by atoms with van der Waals surface area (Å²) in [7, 11) is -2.14. The molecule has 3 N–H and O–H groups in total. The van der Waals surface area contributed by atoms with Gasteiger partial charge in [0.25, 0.3) is 0 Å². The Bertz CT molecular complexity index is 1050. The summed E-state index contributed by atoms with van der Waals surface area (Å²) in [5, 5.41) is 36.0. The Morgan fingerprint density at radius 3 is 2.31 bits per heavy atom. The molecule has 0 aliphatic heterocycles. The normalized spacial score (nSPS) is 43.5. The summed E-state index contributed by atoms with van der Waals surface area (Å²) < 4.78 is 12.4. The van der Waals surface area contributed by atoms with E-state index in [2.05, 4.69) is 33.9 Å². The number of ketones is 1. The zero-order chi connectivity index (χ0) is 27.4. The van der Waals surface area contributed by atoms with E-state index in [4.69, 9.17) is 9.16 Å². The Hall–Kier alpha value is -1.32. The monoisotopic (exact) mass is 520 g/mol. The van der Waals surface area contributed by atoms with Crippen molar-refractivity contribution in [3.05, 3.63) is 23.3 Å². The second-order valence-corrected chi connectivity index (χ2v) is 18.7. The Morgan fingerprint density at radius 1 is 1.19 bits per heavy atom. The number of esters is 1. The van der Waals surface area contributed by atoms with E-state index in [1.807, 2.05) is 19.9 Å². The molecule has 0 aromatic carbocycles. The molecule has 0 heterocycles. The smallest absolute Gasteiger partial charge is 0.303 e. The van der Waals surface area contributed by atoms with Crippen LogP contribution >= 0.6 is 0 Å². The molecule has 0 aromatic rings. The summed E-state index contributed by atoms with van der Waals surface area (Å²) in [5.41, 5.74) is -4.05. The second kappa shape index (κ2) is 7.85. The number of rotatable bonds is 4. The summed E-state index contributed by atoms with van der Waals surface area (Å²) >= 11 is 0. The number of Topliss-reactive ketones (excluding diaryl/α,β-unsaturated/α-hetero) is 1. The average Bonchev–Trinajstić information content (AvgIpc) is 3.16. The molecule has 4 aliphatic rings. The lowest BCUT2D eigenvalue weighted by molar-refractivity contribution is -0.218. The summed E-state index contributed by atoms with van der Waals surface area (Å²) in [6.07, 6.45) is 2.53. The van der Waals surface area contributed by atoms with E-state index in [1.165, 1.54) is 6.92 Å². The van der Waals surface area contributed by atoms with Crippen LogP contribution in [0.2, 0.25) is 18.1 Å². The highest BCUT2D eigenvalue weighted by Crippen LogP contribution is 2.76. The third kappa shape index (κ3) is 3.37. The minimum atomic E-state index is -2.14. The van der Waals surface area contributed by atoms with E-state index < -0.39 is 66.1 Å². The number of carbonyl (C=O) groups is 2. The SMILES string of the molecule is CC(=O)O[C@@]12[C@H](O)[C@@H](C)[C@@]3(O)[C@@H](C=C(CO[Si](C)(C)C(C)(C)C)C[C@]4(O)C(=O)C(C)=C[C@@H]34)[C@@H]1C2(C)C. The third-order valence-corrected chi connectivity index (χ3v) is 15.0. The number of aliphatic hydroxyl groups is 3. The van der Waals surface area contributed by atoms with Crippen molar-refractivity contribution in [3.8, 4) is 0 Å². The molecule has 0 aromatic heterocycles. The molecule has 4 rings (SSSR count). The van der Waals surface area contributed by atoms with E-state index in [-0.39, 0.29) is 24.0 Å². The van der Waals surface area contributed by atoms with Crippen molar-refractivity contribution in [2.24, 2.45) is 29.1 Å². The van der Waals surface area contributed by atoms with Crippen LogP contribution < -0.4 is 0 Å². The van der Waals surface area contributed by atoms with Gasteiger partial charge < -0.3 is 24.5 Å². The maximum Gasteiger partial charge on any atom is 0.303 e. The first-order valence-corrected chi connectivity index (χ1v) is 16.0. The van der Waals surface area contributed by atoms with Crippen LogP contribution in [-0.2, 0) is 18.8 Å². The molecule has 8 heteroatoms. The highest BCUT2D eigenvalue weighted by atomic mass is 28.4. The fraction of sp³-hybridized carbons (Fsp3) is 0.786. The molecule has 0 bridgehead atoms. The Morgan fingerprint density at radius 2 is 1.78 bits per heavy atom. The molecule has 0 saturated heterocycles. The predicted molar refractivity (Wildman–Crippen MR) is 138 cm³/mol. The van der Waals surface area contributed by atoms with Crippen LogP contribution in [0.3, 0.4) is 0 Å². The van der Waals surface area contributed by atoms with Gasteiger partial charge in [-0.2, -0.15) is 0 Å². The molecule has 4 aliphatic carbocycles. The van der Waals surface area contributed by atoms with Gasteiger partial charge in [-0.15, -0.1) is 0 Å². The standard InChI is InChI=1S/C28H44O7Si/c1-15-11-20-26(32,22(15)30)13-18(14-34-36(9,10)24(4,5)6)12-19-21-25(7,8)28(21,35-17(3)29)23(31)16(2)27(19,20)33/h11-12,16,19-21,23,31-33H,13-14H2,1-10H3/t16-,19+,20-,21-,23-,26-,27-,28-/m1/s1. The maximum atomic E-state index is 13.3. The molecule has 36 heavy (non-hydrogen) atoms. The molecule has 0 spiro atoms. The van der Waals surface area contributed by atoms with Crippen LogP contribution in [0.25, 0.3) is 0 Å². The highest BCUT2D eigenvalue weighted by molar-refractivity contribution is 6.74. The first-order valence-electron chi connectivity index (χ1n) is 13.1. The van der Waals surface area contributed by atoms with Crippen LogP contribution in [0, 0.1) is 29.1 Å². The van der Waals surface area contributed by atoms with Gasteiger partial charge in [0.1, 0.15) is 11.2 Å². The number of fused-ring (bicyclic) bond motifs is 5. The quantitative estimate of drug-likeness (QED) is 0.295. The van der Waals surface area contributed by atoms with Crippen molar-refractivity contribution in [1.82, 2.24) is 0 Å². The molecule has 0 radical (unpaired) electrons. The number of hydrogen-bond acceptors (Lipinski definition) is 7. The fourth-order valence-electron chi connectivity index (χ4n) is 7.39. The summed E-state index contributed by atoms with van der Waals surface area (Å²) in [6.45, 7) is 19.6. The van der Waals surface area contributed by atoms with Crippen molar-refractivity contribution in [3.63, 3.8) is 0 Å². The molecule has 0 unspecified atom stereocenters. The van der Waals surface area contributed by atoms with Gasteiger partial charge in [-0.05, 0) is 36.2 Å². The number of carbonyl (C=O) groups excluding carboxylic acids is 2. The van der Waals surface area contributed by atoms with Gasteiger partial charge in [-0.25, -0.2) is 0 Å². The van der Waals surface area contributed by atoms with Crippen LogP contribution in [0.4, 0.5) is 0 Å². The lowest BCUT2D eigenvalue weighted by Gasteiger charge is -2.52. The fourth-order valence-corrected chi connectivity index (χ4v) is 8.37. The topological polar surface area (TPSA) is 113 Å². The van der Waals surface area contributed by atoms with Gasteiger partial charge in [0.05, 0.1) is 18.3 Å². The zero-order valence-corrected chi connectivity index (χ0v) is 24.4. The van der Waals surface area contributed by atoms with E-state index in [0.29, 0.717) is 5.57 Å². The van der Waals surface area contributed by atoms with Crippen LogP contribution in [0.15, 0.2) is 23.3 Å². The largest absolute Gasteiger partial charge is 0.456 e. The minimum Gasteiger partial charge on any atom is -0.456 e. The van der Waals surface area contributed by atoms with Crippen molar-refractivity contribution in [1.29, 1.82) is 0 Å². The maximum absolute atomic E-state index is 13.3. The van der Waals surface area contributed by atoms with Crippen molar-refractivity contribution in [2.45, 2.75) is 103 Å². The van der Waals surface area contributed by atoms with Gasteiger partial charge in [-0.1, -0.05) is 53.7 Å². The van der Waals surface area contributed by atoms with E-state index in [9.17, 15) is 24.9 Å². The van der Waals surface area contributed by atoms with Gasteiger partial charge >= 0.3 is 5.97 Å². The third-order valence-electron chi connectivity index (χ3n) is 10.5. The molecule has 202 valence electrons. The van der Waals surface area contributed by atoms with Crippen LogP contribution in [-0.4, -0.2) is 64.9 Å². The Balaban J connectivity index is 1.86. The van der Waals surface area contributed by atoms with Crippen molar-refractivity contribution < 1.29 is 34.1 Å². The van der Waals surface area contributed by atoms with Crippen molar-refractivity contribution in [2.75, 3.05) is 6.61 Å². The molecule has 2 fully saturated rings. The van der Waals surface area contributed by atoms with Crippen LogP contribution in [0.5, 0.6) is 0 Å².